The summed E-state index contributed by atoms with van der Waals surface area (Å²) in [6, 6.07) is 3.20. The summed E-state index contributed by atoms with van der Waals surface area (Å²) in [5.41, 5.74) is 0. The first kappa shape index (κ1) is 25.8. The van der Waals surface area contributed by atoms with Gasteiger partial charge in [0.25, 0.3) is 0 Å². The molecule has 0 saturated carbocycles. The first-order valence-electron chi connectivity index (χ1n) is 9.01. The minimum atomic E-state index is 0. The SMILES string of the molecule is CN=C(NCCCOC1CCOCC1)NCCOc1c(Cl)cc(Cl)cc1Cl.I. The zero-order valence-corrected chi connectivity index (χ0v) is 20.4. The van der Waals surface area contributed by atoms with E-state index in [1.807, 2.05) is 0 Å². The van der Waals surface area contributed by atoms with Crippen LogP contribution in [0.4, 0.5) is 0 Å². The number of hydrogen-bond acceptors (Lipinski definition) is 4. The third kappa shape index (κ3) is 9.54. The van der Waals surface area contributed by atoms with Gasteiger partial charge in [0.05, 0.1) is 22.7 Å². The Morgan fingerprint density at radius 2 is 1.75 bits per heavy atom. The van der Waals surface area contributed by atoms with Crippen LogP contribution in [0, 0.1) is 0 Å². The fourth-order valence-corrected chi connectivity index (χ4v) is 3.51. The van der Waals surface area contributed by atoms with E-state index in [2.05, 4.69) is 15.6 Å². The van der Waals surface area contributed by atoms with Crippen LogP contribution in [0.15, 0.2) is 17.1 Å². The van der Waals surface area contributed by atoms with Crippen molar-refractivity contribution in [1.29, 1.82) is 0 Å². The number of nitrogens with one attached hydrogen (secondary N) is 2. The minimum Gasteiger partial charge on any atom is -0.489 e. The lowest BCUT2D eigenvalue weighted by Gasteiger charge is -2.22. The van der Waals surface area contributed by atoms with Crippen molar-refractivity contribution in [2.75, 3.05) is 46.6 Å². The molecule has 0 bridgehead atoms. The van der Waals surface area contributed by atoms with Gasteiger partial charge < -0.3 is 24.8 Å². The fraction of sp³-hybridized carbons (Fsp3) is 0.611. The van der Waals surface area contributed by atoms with Crippen molar-refractivity contribution in [3.63, 3.8) is 0 Å². The van der Waals surface area contributed by atoms with E-state index in [1.54, 1.807) is 19.2 Å². The molecule has 0 radical (unpaired) electrons. The van der Waals surface area contributed by atoms with Crippen molar-refractivity contribution in [3.05, 3.63) is 27.2 Å². The summed E-state index contributed by atoms with van der Waals surface area (Å²) < 4.78 is 16.8. The molecule has 2 rings (SSSR count). The van der Waals surface area contributed by atoms with E-state index in [0.29, 0.717) is 46.0 Å². The van der Waals surface area contributed by atoms with Crippen LogP contribution in [0.1, 0.15) is 19.3 Å². The van der Waals surface area contributed by atoms with Gasteiger partial charge in [-0.25, -0.2) is 0 Å². The second kappa shape index (κ2) is 14.7. The molecule has 1 heterocycles. The third-order valence-electron chi connectivity index (χ3n) is 3.96. The lowest BCUT2D eigenvalue weighted by molar-refractivity contribution is -0.0320. The first-order chi connectivity index (χ1) is 13.1. The van der Waals surface area contributed by atoms with Gasteiger partial charge in [-0.2, -0.15) is 0 Å². The van der Waals surface area contributed by atoms with Crippen molar-refractivity contribution in [2.24, 2.45) is 4.99 Å². The predicted molar refractivity (Wildman–Crippen MR) is 126 cm³/mol. The molecule has 1 saturated heterocycles. The second-order valence-electron chi connectivity index (χ2n) is 6.01. The van der Waals surface area contributed by atoms with E-state index < -0.39 is 0 Å². The Morgan fingerprint density at radius 1 is 1.11 bits per heavy atom. The second-order valence-corrected chi connectivity index (χ2v) is 7.26. The molecule has 1 aromatic carbocycles. The molecule has 160 valence electrons. The highest BCUT2D eigenvalue weighted by Crippen LogP contribution is 2.35. The summed E-state index contributed by atoms with van der Waals surface area (Å²) in [6.07, 6.45) is 3.21. The third-order valence-corrected chi connectivity index (χ3v) is 4.74. The Kier molecular flexibility index (Phi) is 13.6. The van der Waals surface area contributed by atoms with Crippen LogP contribution in [0.25, 0.3) is 0 Å². The number of hydrogen-bond donors (Lipinski definition) is 2. The largest absolute Gasteiger partial charge is 0.489 e. The number of halogens is 4. The van der Waals surface area contributed by atoms with Gasteiger partial charge in [-0.3, -0.25) is 4.99 Å². The Bertz CT molecular complexity index is 594. The van der Waals surface area contributed by atoms with Crippen LogP contribution in [0.2, 0.25) is 15.1 Å². The van der Waals surface area contributed by atoms with Crippen LogP contribution in [0.5, 0.6) is 5.75 Å². The van der Waals surface area contributed by atoms with E-state index in [9.17, 15) is 0 Å². The smallest absolute Gasteiger partial charge is 0.191 e. The van der Waals surface area contributed by atoms with E-state index >= 15 is 0 Å². The molecule has 1 aliphatic rings. The predicted octanol–water partition coefficient (Wildman–Crippen LogP) is 4.39. The van der Waals surface area contributed by atoms with Gasteiger partial charge in [0.2, 0.25) is 0 Å². The van der Waals surface area contributed by atoms with Crippen LogP contribution < -0.4 is 15.4 Å². The number of rotatable bonds is 9. The van der Waals surface area contributed by atoms with E-state index in [-0.39, 0.29) is 24.0 Å². The van der Waals surface area contributed by atoms with Gasteiger partial charge in [0.1, 0.15) is 6.61 Å². The Labute approximate surface area is 198 Å². The Balaban J connectivity index is 0.00000392. The molecular weight excluding hydrogens is 539 g/mol. The first-order valence-corrected chi connectivity index (χ1v) is 10.1. The van der Waals surface area contributed by atoms with E-state index in [4.69, 9.17) is 49.0 Å². The van der Waals surface area contributed by atoms with Crippen molar-refractivity contribution in [1.82, 2.24) is 10.6 Å². The molecule has 0 atom stereocenters. The molecule has 10 heteroatoms. The van der Waals surface area contributed by atoms with Gasteiger partial charge in [-0.15, -0.1) is 24.0 Å². The number of nitrogens with zero attached hydrogens (tertiary/aromatic N) is 1. The summed E-state index contributed by atoms with van der Waals surface area (Å²) in [4.78, 5) is 4.18. The molecule has 6 nitrogen and oxygen atoms in total. The molecule has 2 N–H and O–H groups in total. The van der Waals surface area contributed by atoms with E-state index in [1.165, 1.54) is 0 Å². The molecule has 1 fully saturated rings. The van der Waals surface area contributed by atoms with Crippen molar-refractivity contribution in [3.8, 4) is 5.75 Å². The molecule has 0 amide bonds. The standard InChI is InChI=1S/C18H26Cl3N3O3.HI/c1-22-18(23-5-2-7-26-14-3-8-25-9-4-14)24-6-10-27-17-15(20)11-13(19)12-16(17)21;/h11-12,14H,2-10H2,1H3,(H2,22,23,24);1H. The lowest BCUT2D eigenvalue weighted by Crippen LogP contribution is -2.40. The molecule has 28 heavy (non-hydrogen) atoms. The number of aliphatic imine (C=N–C) groups is 1. The lowest BCUT2D eigenvalue weighted by atomic mass is 10.1. The number of ether oxygens (including phenoxy) is 3. The normalized spacial score (nSPS) is 15.1. The molecule has 0 aromatic heterocycles. The summed E-state index contributed by atoms with van der Waals surface area (Å²) in [7, 11) is 1.72. The topological polar surface area (TPSA) is 64.1 Å². The maximum atomic E-state index is 6.09. The molecular formula is C18H27Cl3IN3O3. The zero-order chi connectivity index (χ0) is 19.5. The Hall–Kier alpha value is -0.190. The molecule has 1 aliphatic heterocycles. The number of benzene rings is 1. The number of guanidine groups is 1. The Morgan fingerprint density at radius 3 is 2.39 bits per heavy atom. The summed E-state index contributed by atoms with van der Waals surface area (Å²) in [6.45, 7) is 4.04. The summed E-state index contributed by atoms with van der Waals surface area (Å²) in [5.74, 6) is 1.13. The van der Waals surface area contributed by atoms with Crippen molar-refractivity contribution >= 4 is 64.7 Å². The highest BCUT2D eigenvalue weighted by molar-refractivity contribution is 14.0. The summed E-state index contributed by atoms with van der Waals surface area (Å²) in [5, 5.41) is 7.67. The van der Waals surface area contributed by atoms with Gasteiger partial charge in [0, 0.05) is 38.4 Å². The maximum Gasteiger partial charge on any atom is 0.191 e. The van der Waals surface area contributed by atoms with Gasteiger partial charge >= 0.3 is 0 Å². The summed E-state index contributed by atoms with van der Waals surface area (Å²) >= 11 is 18.1. The maximum absolute atomic E-state index is 6.09. The van der Waals surface area contributed by atoms with Crippen LogP contribution in [0.3, 0.4) is 0 Å². The molecule has 1 aromatic rings. The van der Waals surface area contributed by atoms with Crippen molar-refractivity contribution < 1.29 is 14.2 Å². The molecule has 0 spiro atoms. The van der Waals surface area contributed by atoms with Gasteiger partial charge in [-0.1, -0.05) is 34.8 Å². The van der Waals surface area contributed by atoms with Crippen LogP contribution in [-0.2, 0) is 9.47 Å². The highest BCUT2D eigenvalue weighted by atomic mass is 127. The molecule has 0 aliphatic carbocycles. The van der Waals surface area contributed by atoms with Crippen LogP contribution in [-0.4, -0.2) is 58.6 Å². The fourth-order valence-electron chi connectivity index (χ4n) is 2.58. The van der Waals surface area contributed by atoms with Gasteiger partial charge in [0.15, 0.2) is 11.7 Å². The average Bonchev–Trinajstić information content (AvgIpc) is 2.65. The zero-order valence-electron chi connectivity index (χ0n) is 15.8. The quantitative estimate of drug-likeness (QED) is 0.201. The minimum absolute atomic E-state index is 0. The molecule has 0 unspecified atom stereocenters. The monoisotopic (exact) mass is 565 g/mol. The highest BCUT2D eigenvalue weighted by Gasteiger charge is 2.13. The van der Waals surface area contributed by atoms with Crippen molar-refractivity contribution in [2.45, 2.75) is 25.4 Å². The van der Waals surface area contributed by atoms with E-state index in [0.717, 1.165) is 45.6 Å². The van der Waals surface area contributed by atoms with Gasteiger partial charge in [-0.05, 0) is 31.4 Å². The van der Waals surface area contributed by atoms with Crippen LogP contribution >= 0.6 is 58.8 Å². The average molecular weight is 567 g/mol.